The number of carbonyl (C=O) groups is 1. The fourth-order valence-corrected chi connectivity index (χ4v) is 1.70. The second-order valence-corrected chi connectivity index (χ2v) is 3.38. The molecule has 1 amide bonds. The quantitative estimate of drug-likeness (QED) is 0.566. The number of amides is 1. The molecule has 0 aromatic heterocycles. The van der Waals surface area contributed by atoms with E-state index in [9.17, 15) is 4.79 Å². The van der Waals surface area contributed by atoms with Gasteiger partial charge in [0.1, 0.15) is 0 Å². The Kier molecular flexibility index (Phi) is 2.32. The molecule has 2 nitrogen and oxygen atoms in total. The van der Waals surface area contributed by atoms with E-state index < -0.39 is 0 Å². The molecule has 0 radical (unpaired) electrons. The minimum atomic E-state index is 0.0196. The minimum absolute atomic E-state index is 0.0196. The van der Waals surface area contributed by atoms with E-state index in [2.05, 4.69) is 18.8 Å². The Bertz CT molecular complexity index is 176. The van der Waals surface area contributed by atoms with Crippen LogP contribution >= 0.6 is 0 Å². The van der Waals surface area contributed by atoms with Crippen LogP contribution in [0.5, 0.6) is 0 Å². The van der Waals surface area contributed by atoms with E-state index in [0.29, 0.717) is 12.0 Å². The first kappa shape index (κ1) is 8.31. The molecule has 0 aromatic rings. The highest BCUT2D eigenvalue weighted by Crippen LogP contribution is 2.22. The van der Waals surface area contributed by atoms with E-state index in [0.717, 1.165) is 6.42 Å². The second kappa shape index (κ2) is 3.07. The standard InChI is InChI=1S/C9H15NO/c1-4-8-6(2)5-7(3)10-9(8)11/h4,6-8H,1,5H2,2-3H3,(H,10,11). The highest BCUT2D eigenvalue weighted by atomic mass is 16.2. The highest BCUT2D eigenvalue weighted by Gasteiger charge is 2.29. The molecular weight excluding hydrogens is 138 g/mol. The maximum absolute atomic E-state index is 11.3. The van der Waals surface area contributed by atoms with Gasteiger partial charge < -0.3 is 5.32 Å². The fourth-order valence-electron chi connectivity index (χ4n) is 1.70. The van der Waals surface area contributed by atoms with E-state index >= 15 is 0 Å². The second-order valence-electron chi connectivity index (χ2n) is 3.38. The van der Waals surface area contributed by atoms with Gasteiger partial charge in [0.05, 0.1) is 5.92 Å². The van der Waals surface area contributed by atoms with Crippen molar-refractivity contribution in [3.63, 3.8) is 0 Å². The van der Waals surface area contributed by atoms with Crippen LogP contribution in [0.25, 0.3) is 0 Å². The van der Waals surface area contributed by atoms with Crippen LogP contribution in [0.15, 0.2) is 12.7 Å². The molecule has 0 bridgehead atoms. The van der Waals surface area contributed by atoms with Crippen molar-refractivity contribution in [2.45, 2.75) is 26.3 Å². The lowest BCUT2D eigenvalue weighted by molar-refractivity contribution is -0.127. The van der Waals surface area contributed by atoms with Crippen molar-refractivity contribution in [3.05, 3.63) is 12.7 Å². The summed E-state index contributed by atoms with van der Waals surface area (Å²) in [4.78, 5) is 11.3. The van der Waals surface area contributed by atoms with Crippen molar-refractivity contribution in [1.29, 1.82) is 0 Å². The van der Waals surface area contributed by atoms with Crippen LogP contribution in [0.2, 0.25) is 0 Å². The molecule has 2 heteroatoms. The zero-order chi connectivity index (χ0) is 8.43. The van der Waals surface area contributed by atoms with E-state index in [-0.39, 0.29) is 11.8 Å². The molecule has 62 valence electrons. The molecule has 0 saturated carbocycles. The van der Waals surface area contributed by atoms with Crippen LogP contribution in [0.4, 0.5) is 0 Å². The number of carbonyl (C=O) groups excluding carboxylic acids is 1. The number of nitrogens with one attached hydrogen (secondary N) is 1. The summed E-state index contributed by atoms with van der Waals surface area (Å²) in [5, 5.41) is 2.90. The van der Waals surface area contributed by atoms with Gasteiger partial charge in [0.15, 0.2) is 0 Å². The summed E-state index contributed by atoms with van der Waals surface area (Å²) in [6.07, 6.45) is 2.80. The average Bonchev–Trinajstić information content (AvgIpc) is 1.85. The number of hydrogen-bond acceptors (Lipinski definition) is 1. The molecule has 1 saturated heterocycles. The van der Waals surface area contributed by atoms with Crippen molar-refractivity contribution in [2.24, 2.45) is 11.8 Å². The van der Waals surface area contributed by atoms with Crippen molar-refractivity contribution >= 4 is 5.91 Å². The molecular formula is C9H15NO. The van der Waals surface area contributed by atoms with Crippen LogP contribution < -0.4 is 5.32 Å². The SMILES string of the molecule is C=CC1C(=O)NC(C)CC1C. The molecule has 1 aliphatic rings. The van der Waals surface area contributed by atoms with Gasteiger partial charge in [-0.25, -0.2) is 0 Å². The first-order valence-electron chi connectivity index (χ1n) is 4.08. The van der Waals surface area contributed by atoms with Gasteiger partial charge in [-0.2, -0.15) is 0 Å². The van der Waals surface area contributed by atoms with Crippen LogP contribution in [-0.4, -0.2) is 11.9 Å². The third kappa shape index (κ3) is 1.62. The predicted octanol–water partition coefficient (Wildman–Crippen LogP) is 1.33. The van der Waals surface area contributed by atoms with Gasteiger partial charge in [-0.3, -0.25) is 4.79 Å². The van der Waals surface area contributed by atoms with E-state index in [4.69, 9.17) is 0 Å². The minimum Gasteiger partial charge on any atom is -0.353 e. The fraction of sp³-hybridized carbons (Fsp3) is 0.667. The first-order valence-corrected chi connectivity index (χ1v) is 4.08. The Morgan fingerprint density at radius 3 is 2.73 bits per heavy atom. The summed E-state index contributed by atoms with van der Waals surface area (Å²) < 4.78 is 0. The molecule has 0 aliphatic carbocycles. The summed E-state index contributed by atoms with van der Waals surface area (Å²) in [5.74, 6) is 0.591. The first-order chi connectivity index (χ1) is 5.15. The zero-order valence-electron chi connectivity index (χ0n) is 7.13. The number of hydrogen-bond donors (Lipinski definition) is 1. The van der Waals surface area contributed by atoms with E-state index in [1.165, 1.54) is 0 Å². The summed E-state index contributed by atoms with van der Waals surface area (Å²) in [6.45, 7) is 7.78. The van der Waals surface area contributed by atoms with Gasteiger partial charge in [-0.15, -0.1) is 6.58 Å². The summed E-state index contributed by atoms with van der Waals surface area (Å²) in [7, 11) is 0. The molecule has 1 heterocycles. The third-order valence-electron chi connectivity index (χ3n) is 2.28. The molecule has 11 heavy (non-hydrogen) atoms. The molecule has 1 fully saturated rings. The highest BCUT2D eigenvalue weighted by molar-refractivity contribution is 5.81. The molecule has 3 unspecified atom stereocenters. The molecule has 0 spiro atoms. The summed E-state index contributed by atoms with van der Waals surface area (Å²) in [5.41, 5.74) is 0. The Hall–Kier alpha value is -0.790. The van der Waals surface area contributed by atoms with Crippen LogP contribution in [0, 0.1) is 11.8 Å². The zero-order valence-corrected chi connectivity index (χ0v) is 7.13. The van der Waals surface area contributed by atoms with Gasteiger partial charge in [0.2, 0.25) is 5.91 Å². The van der Waals surface area contributed by atoms with Crippen LogP contribution in [-0.2, 0) is 4.79 Å². The lowest BCUT2D eigenvalue weighted by atomic mass is 9.84. The maximum atomic E-state index is 11.3. The van der Waals surface area contributed by atoms with Crippen molar-refractivity contribution in [1.82, 2.24) is 5.32 Å². The van der Waals surface area contributed by atoms with Gasteiger partial charge in [-0.05, 0) is 19.3 Å². The largest absolute Gasteiger partial charge is 0.353 e. The van der Waals surface area contributed by atoms with Gasteiger partial charge >= 0.3 is 0 Å². The monoisotopic (exact) mass is 153 g/mol. The van der Waals surface area contributed by atoms with Crippen molar-refractivity contribution < 1.29 is 4.79 Å². The summed E-state index contributed by atoms with van der Waals surface area (Å²) in [6, 6.07) is 0.327. The lowest BCUT2D eigenvalue weighted by Gasteiger charge is -2.30. The van der Waals surface area contributed by atoms with Crippen molar-refractivity contribution in [3.8, 4) is 0 Å². The van der Waals surface area contributed by atoms with E-state index in [1.54, 1.807) is 6.08 Å². The Morgan fingerprint density at radius 1 is 1.64 bits per heavy atom. The van der Waals surface area contributed by atoms with Gasteiger partial charge in [0, 0.05) is 6.04 Å². The summed E-state index contributed by atoms with van der Waals surface area (Å²) >= 11 is 0. The number of piperidine rings is 1. The molecule has 1 aliphatic heterocycles. The molecule has 3 atom stereocenters. The molecule has 1 N–H and O–H groups in total. The topological polar surface area (TPSA) is 29.1 Å². The average molecular weight is 153 g/mol. The van der Waals surface area contributed by atoms with Gasteiger partial charge in [-0.1, -0.05) is 13.0 Å². The van der Waals surface area contributed by atoms with E-state index in [1.807, 2.05) is 6.92 Å². The normalized spacial score (nSPS) is 38.0. The maximum Gasteiger partial charge on any atom is 0.227 e. The van der Waals surface area contributed by atoms with Crippen LogP contribution in [0.3, 0.4) is 0 Å². The Morgan fingerprint density at radius 2 is 2.27 bits per heavy atom. The Labute approximate surface area is 67.7 Å². The lowest BCUT2D eigenvalue weighted by Crippen LogP contribution is -2.45. The molecule has 1 rings (SSSR count). The smallest absolute Gasteiger partial charge is 0.227 e. The Balaban J connectivity index is 2.66. The van der Waals surface area contributed by atoms with Crippen molar-refractivity contribution in [2.75, 3.05) is 0 Å². The molecule has 0 aromatic carbocycles. The third-order valence-corrected chi connectivity index (χ3v) is 2.28. The van der Waals surface area contributed by atoms with Crippen LogP contribution in [0.1, 0.15) is 20.3 Å². The number of rotatable bonds is 1. The predicted molar refractivity (Wildman–Crippen MR) is 45.1 cm³/mol. The van der Waals surface area contributed by atoms with Gasteiger partial charge in [0.25, 0.3) is 0 Å².